The Hall–Kier alpha value is -2.94. The third kappa shape index (κ3) is 3.77. The fourth-order valence-electron chi connectivity index (χ4n) is 2.34. The molecule has 2 amide bonds. The van der Waals surface area contributed by atoms with Crippen LogP contribution in [-0.4, -0.2) is 37.1 Å². The van der Waals surface area contributed by atoms with Crippen molar-refractivity contribution in [3.63, 3.8) is 0 Å². The highest BCUT2D eigenvalue weighted by Crippen LogP contribution is 2.19. The van der Waals surface area contributed by atoms with Crippen LogP contribution in [0.15, 0.2) is 35.5 Å². The lowest BCUT2D eigenvalue weighted by atomic mass is 10.2. The predicted molar refractivity (Wildman–Crippen MR) is 94.6 cm³/mol. The number of primary amides is 1. The highest BCUT2D eigenvalue weighted by molar-refractivity contribution is 7.99. The van der Waals surface area contributed by atoms with Crippen molar-refractivity contribution < 1.29 is 9.59 Å². The lowest BCUT2D eigenvalue weighted by Gasteiger charge is -2.06. The molecule has 3 aromatic rings. The second kappa shape index (κ2) is 6.89. The van der Waals surface area contributed by atoms with Crippen LogP contribution in [0.2, 0.25) is 0 Å². The number of hydrogen-bond acceptors (Lipinski definition) is 6. The minimum absolute atomic E-state index is 0.172. The Balaban J connectivity index is 1.65. The Morgan fingerprint density at radius 1 is 1.20 bits per heavy atom. The summed E-state index contributed by atoms with van der Waals surface area (Å²) in [5.74, 6) is -0.00818. The summed E-state index contributed by atoms with van der Waals surface area (Å²) in [6, 6.07) is 8.32. The van der Waals surface area contributed by atoms with Gasteiger partial charge in [0, 0.05) is 22.6 Å². The number of amides is 2. The standard InChI is InChI=1S/C16H16N6O2S/c1-9-7-10(2)22-15(18-9)20-21-16(22)25-8-13(23)19-12-5-3-11(4-6-12)14(17)24/h3-7H,8H2,1-2H3,(H2,17,24)(H,19,23). The first-order valence-corrected chi connectivity index (χ1v) is 8.44. The van der Waals surface area contributed by atoms with Crippen LogP contribution in [0.4, 0.5) is 5.69 Å². The van der Waals surface area contributed by atoms with Crippen LogP contribution >= 0.6 is 11.8 Å². The number of nitrogens with one attached hydrogen (secondary N) is 1. The minimum atomic E-state index is -0.508. The maximum atomic E-state index is 12.1. The second-order valence-electron chi connectivity index (χ2n) is 5.44. The molecule has 0 atom stereocenters. The van der Waals surface area contributed by atoms with Gasteiger partial charge in [-0.05, 0) is 44.2 Å². The molecule has 0 aliphatic carbocycles. The molecule has 0 unspecified atom stereocenters. The molecule has 2 aromatic heterocycles. The van der Waals surface area contributed by atoms with E-state index in [-0.39, 0.29) is 11.7 Å². The largest absolute Gasteiger partial charge is 0.366 e. The van der Waals surface area contributed by atoms with E-state index in [2.05, 4.69) is 20.5 Å². The first kappa shape index (κ1) is 16.9. The quantitative estimate of drug-likeness (QED) is 0.671. The molecule has 0 saturated carbocycles. The molecule has 0 bridgehead atoms. The molecule has 9 heteroatoms. The molecular formula is C16H16N6O2S. The van der Waals surface area contributed by atoms with E-state index in [0.29, 0.717) is 22.2 Å². The molecule has 0 saturated heterocycles. The van der Waals surface area contributed by atoms with E-state index < -0.39 is 5.91 Å². The van der Waals surface area contributed by atoms with Crippen molar-refractivity contribution in [2.75, 3.05) is 11.1 Å². The number of carbonyl (C=O) groups is 2. The van der Waals surface area contributed by atoms with Gasteiger partial charge < -0.3 is 11.1 Å². The monoisotopic (exact) mass is 356 g/mol. The van der Waals surface area contributed by atoms with E-state index in [1.807, 2.05) is 24.3 Å². The van der Waals surface area contributed by atoms with Crippen molar-refractivity contribution in [2.24, 2.45) is 5.73 Å². The van der Waals surface area contributed by atoms with Gasteiger partial charge in [-0.3, -0.25) is 14.0 Å². The van der Waals surface area contributed by atoms with Crippen molar-refractivity contribution in [2.45, 2.75) is 19.0 Å². The molecular weight excluding hydrogens is 340 g/mol. The smallest absolute Gasteiger partial charge is 0.256 e. The molecule has 3 N–H and O–H groups in total. The van der Waals surface area contributed by atoms with E-state index in [9.17, 15) is 9.59 Å². The lowest BCUT2D eigenvalue weighted by Crippen LogP contribution is -2.15. The molecule has 0 aliphatic rings. The average molecular weight is 356 g/mol. The average Bonchev–Trinajstić information content (AvgIpc) is 2.96. The number of thioether (sulfide) groups is 1. The normalized spacial score (nSPS) is 10.8. The topological polar surface area (TPSA) is 115 Å². The van der Waals surface area contributed by atoms with Crippen LogP contribution in [0, 0.1) is 13.8 Å². The van der Waals surface area contributed by atoms with Crippen LogP contribution in [0.3, 0.4) is 0 Å². The van der Waals surface area contributed by atoms with Gasteiger partial charge in [0.2, 0.25) is 11.8 Å². The van der Waals surface area contributed by atoms with Gasteiger partial charge in [0.1, 0.15) is 0 Å². The summed E-state index contributed by atoms with van der Waals surface area (Å²) in [5, 5.41) is 11.5. The van der Waals surface area contributed by atoms with Crippen molar-refractivity contribution in [3.8, 4) is 0 Å². The first-order chi connectivity index (χ1) is 11.9. The summed E-state index contributed by atoms with van der Waals surface area (Å²) in [6.45, 7) is 3.83. The van der Waals surface area contributed by atoms with E-state index in [1.54, 1.807) is 24.3 Å². The van der Waals surface area contributed by atoms with Gasteiger partial charge in [0.25, 0.3) is 5.78 Å². The first-order valence-electron chi connectivity index (χ1n) is 7.46. The van der Waals surface area contributed by atoms with Crippen molar-refractivity contribution in [1.82, 2.24) is 19.6 Å². The number of rotatable bonds is 5. The number of benzene rings is 1. The SMILES string of the molecule is Cc1cc(C)n2c(SCC(=O)Nc3ccc(C(N)=O)cc3)nnc2n1. The van der Waals surface area contributed by atoms with Crippen LogP contribution in [-0.2, 0) is 4.79 Å². The summed E-state index contributed by atoms with van der Waals surface area (Å²) >= 11 is 1.28. The highest BCUT2D eigenvalue weighted by Gasteiger charge is 2.12. The number of nitrogens with two attached hydrogens (primary N) is 1. The Labute approximate surface area is 147 Å². The third-order valence-corrected chi connectivity index (χ3v) is 4.38. The van der Waals surface area contributed by atoms with Crippen LogP contribution in [0.25, 0.3) is 5.78 Å². The van der Waals surface area contributed by atoms with Gasteiger partial charge in [-0.15, -0.1) is 10.2 Å². The molecule has 0 spiro atoms. The van der Waals surface area contributed by atoms with Gasteiger partial charge in [-0.2, -0.15) is 0 Å². The maximum Gasteiger partial charge on any atom is 0.256 e. The minimum Gasteiger partial charge on any atom is -0.366 e. The fourth-order valence-corrected chi connectivity index (χ4v) is 3.12. The molecule has 2 heterocycles. The third-order valence-electron chi connectivity index (χ3n) is 3.45. The summed E-state index contributed by atoms with van der Waals surface area (Å²) < 4.78 is 1.81. The van der Waals surface area contributed by atoms with E-state index in [1.165, 1.54) is 11.8 Å². The second-order valence-corrected chi connectivity index (χ2v) is 6.38. The Morgan fingerprint density at radius 2 is 1.92 bits per heavy atom. The van der Waals surface area contributed by atoms with E-state index in [0.717, 1.165) is 11.4 Å². The Kier molecular flexibility index (Phi) is 4.66. The predicted octanol–water partition coefficient (Wildman–Crippen LogP) is 1.57. The Morgan fingerprint density at radius 3 is 2.60 bits per heavy atom. The number of nitrogens with zero attached hydrogens (tertiary/aromatic N) is 4. The molecule has 0 aliphatic heterocycles. The summed E-state index contributed by atoms with van der Waals surface area (Å²) in [7, 11) is 0. The maximum absolute atomic E-state index is 12.1. The van der Waals surface area contributed by atoms with Crippen molar-refractivity contribution >= 4 is 35.0 Å². The van der Waals surface area contributed by atoms with Gasteiger partial charge in [0.15, 0.2) is 5.16 Å². The molecule has 0 radical (unpaired) electrons. The molecule has 3 rings (SSSR count). The summed E-state index contributed by atoms with van der Waals surface area (Å²) in [5.41, 5.74) is 7.99. The van der Waals surface area contributed by atoms with Gasteiger partial charge in [-0.25, -0.2) is 4.98 Å². The van der Waals surface area contributed by atoms with Crippen LogP contribution in [0.1, 0.15) is 21.7 Å². The van der Waals surface area contributed by atoms with Crippen LogP contribution in [0.5, 0.6) is 0 Å². The molecule has 8 nitrogen and oxygen atoms in total. The number of anilines is 1. The number of hydrogen-bond donors (Lipinski definition) is 2. The molecule has 1 aromatic carbocycles. The summed E-state index contributed by atoms with van der Waals surface area (Å²) in [4.78, 5) is 27.5. The molecule has 25 heavy (non-hydrogen) atoms. The zero-order valence-electron chi connectivity index (χ0n) is 13.7. The van der Waals surface area contributed by atoms with E-state index >= 15 is 0 Å². The lowest BCUT2D eigenvalue weighted by molar-refractivity contribution is -0.113. The summed E-state index contributed by atoms with van der Waals surface area (Å²) in [6.07, 6.45) is 0. The van der Waals surface area contributed by atoms with Gasteiger partial charge >= 0.3 is 0 Å². The number of fused-ring (bicyclic) bond motifs is 1. The Bertz CT molecular complexity index is 951. The van der Waals surface area contributed by atoms with Crippen molar-refractivity contribution in [3.05, 3.63) is 47.3 Å². The number of aryl methyl sites for hydroxylation is 2. The van der Waals surface area contributed by atoms with Gasteiger partial charge in [0.05, 0.1) is 5.75 Å². The fraction of sp³-hybridized carbons (Fsp3) is 0.188. The highest BCUT2D eigenvalue weighted by atomic mass is 32.2. The molecule has 128 valence electrons. The number of aromatic nitrogens is 4. The van der Waals surface area contributed by atoms with Crippen molar-refractivity contribution in [1.29, 1.82) is 0 Å². The number of carbonyl (C=O) groups excluding carboxylic acids is 2. The van der Waals surface area contributed by atoms with E-state index in [4.69, 9.17) is 5.73 Å². The zero-order chi connectivity index (χ0) is 18.0. The van der Waals surface area contributed by atoms with Gasteiger partial charge in [-0.1, -0.05) is 11.8 Å². The molecule has 0 fully saturated rings. The zero-order valence-corrected chi connectivity index (χ0v) is 14.5. The van der Waals surface area contributed by atoms with Crippen LogP contribution < -0.4 is 11.1 Å².